The predicted molar refractivity (Wildman–Crippen MR) is 84.9 cm³/mol. The Hall–Kier alpha value is -2.06. The average molecular weight is 278 g/mol. The van der Waals surface area contributed by atoms with Crippen molar-refractivity contribution in [1.29, 1.82) is 10.5 Å². The highest BCUT2D eigenvalue weighted by Crippen LogP contribution is 2.64. The molecule has 0 aromatic heterocycles. The van der Waals surface area contributed by atoms with Gasteiger partial charge in [0.05, 0.1) is 0 Å². The molecule has 3 aliphatic rings. The molecule has 0 N–H and O–H groups in total. The molecule has 1 fully saturated rings. The minimum atomic E-state index is 0.148. The fourth-order valence-corrected chi connectivity index (χ4v) is 4.04. The maximum Gasteiger partial charge on any atom is 0.133 e. The molecule has 0 unspecified atom stereocenters. The van der Waals surface area contributed by atoms with Gasteiger partial charge in [0.1, 0.15) is 17.7 Å². The Morgan fingerprint density at radius 2 is 1.90 bits per heavy atom. The number of fused-ring (bicyclic) bond motifs is 1. The van der Waals surface area contributed by atoms with E-state index in [-0.39, 0.29) is 5.41 Å². The smallest absolute Gasteiger partial charge is 0.133 e. The summed E-state index contributed by atoms with van der Waals surface area (Å²) in [6, 6.07) is 4.22. The SMILES string of the molecule is C=CCCC1=C(CC=C)C(=C(C#N)C#N)[C@H]2C[C@@H]1C2(C)C. The lowest BCUT2D eigenvalue weighted by molar-refractivity contribution is 0.0177. The summed E-state index contributed by atoms with van der Waals surface area (Å²) in [6.07, 6.45) is 7.55. The van der Waals surface area contributed by atoms with E-state index in [0.29, 0.717) is 17.4 Å². The van der Waals surface area contributed by atoms with E-state index < -0.39 is 0 Å². The van der Waals surface area contributed by atoms with Crippen molar-refractivity contribution >= 4 is 0 Å². The third-order valence-electron chi connectivity index (χ3n) is 5.21. The summed E-state index contributed by atoms with van der Waals surface area (Å²) in [5.74, 6) is 0.902. The van der Waals surface area contributed by atoms with Crippen molar-refractivity contribution < 1.29 is 0 Å². The summed E-state index contributed by atoms with van der Waals surface area (Å²) in [4.78, 5) is 0. The largest absolute Gasteiger partial charge is 0.192 e. The third kappa shape index (κ3) is 2.26. The van der Waals surface area contributed by atoms with Crippen LogP contribution in [0.4, 0.5) is 0 Å². The molecule has 0 radical (unpaired) electrons. The topological polar surface area (TPSA) is 47.6 Å². The molecule has 0 aromatic rings. The van der Waals surface area contributed by atoms with Gasteiger partial charge in [0.25, 0.3) is 0 Å². The van der Waals surface area contributed by atoms with E-state index in [4.69, 9.17) is 0 Å². The molecule has 108 valence electrons. The van der Waals surface area contributed by atoms with Gasteiger partial charge in [-0.15, -0.1) is 13.2 Å². The van der Waals surface area contributed by atoms with E-state index in [9.17, 15) is 10.5 Å². The molecule has 2 nitrogen and oxygen atoms in total. The number of rotatable bonds is 5. The van der Waals surface area contributed by atoms with Gasteiger partial charge in [-0.2, -0.15) is 10.5 Å². The molecule has 0 spiro atoms. The molecule has 0 aromatic carbocycles. The minimum Gasteiger partial charge on any atom is -0.192 e. The summed E-state index contributed by atoms with van der Waals surface area (Å²) in [7, 11) is 0. The van der Waals surface area contributed by atoms with E-state index in [1.54, 1.807) is 0 Å². The molecule has 2 atom stereocenters. The highest BCUT2D eigenvalue weighted by Gasteiger charge is 2.55. The summed E-state index contributed by atoms with van der Waals surface area (Å²) < 4.78 is 0. The first-order valence-corrected chi connectivity index (χ1v) is 7.51. The molecule has 1 saturated carbocycles. The molecule has 2 heteroatoms. The highest BCUT2D eigenvalue weighted by atomic mass is 14.6. The molecule has 3 aliphatic carbocycles. The normalized spacial score (nSPS) is 25.4. The van der Waals surface area contributed by atoms with Gasteiger partial charge in [0, 0.05) is 0 Å². The van der Waals surface area contributed by atoms with E-state index in [1.807, 2.05) is 12.2 Å². The van der Waals surface area contributed by atoms with Crippen molar-refractivity contribution in [1.82, 2.24) is 0 Å². The summed E-state index contributed by atoms with van der Waals surface area (Å²) in [6.45, 7) is 12.2. The Morgan fingerprint density at radius 1 is 1.24 bits per heavy atom. The van der Waals surface area contributed by atoms with E-state index >= 15 is 0 Å². The van der Waals surface area contributed by atoms with Crippen LogP contribution in [0.2, 0.25) is 0 Å². The van der Waals surface area contributed by atoms with Crippen LogP contribution in [-0.2, 0) is 0 Å². The molecule has 0 amide bonds. The van der Waals surface area contributed by atoms with Gasteiger partial charge in [-0.1, -0.05) is 31.6 Å². The molecule has 0 aliphatic heterocycles. The first-order valence-electron chi connectivity index (χ1n) is 7.51. The zero-order valence-electron chi connectivity index (χ0n) is 12.9. The zero-order chi connectivity index (χ0) is 15.6. The van der Waals surface area contributed by atoms with E-state index in [1.165, 1.54) is 11.1 Å². The second kappa shape index (κ2) is 5.74. The molecular formula is C19H22N2. The second-order valence-corrected chi connectivity index (χ2v) is 6.50. The van der Waals surface area contributed by atoms with Gasteiger partial charge in [-0.3, -0.25) is 0 Å². The Balaban J connectivity index is 2.65. The van der Waals surface area contributed by atoms with Gasteiger partial charge >= 0.3 is 0 Å². The minimum absolute atomic E-state index is 0.148. The lowest BCUT2D eigenvalue weighted by Gasteiger charge is -2.59. The van der Waals surface area contributed by atoms with Crippen LogP contribution < -0.4 is 0 Å². The van der Waals surface area contributed by atoms with Crippen LogP contribution in [0, 0.1) is 39.9 Å². The zero-order valence-corrected chi connectivity index (χ0v) is 12.9. The van der Waals surface area contributed by atoms with Crippen molar-refractivity contribution in [2.45, 2.75) is 39.5 Å². The Bertz CT molecular complexity index is 601. The quantitative estimate of drug-likeness (QED) is 0.533. The summed E-state index contributed by atoms with van der Waals surface area (Å²) in [5.41, 5.74) is 4.05. The van der Waals surface area contributed by atoms with Gasteiger partial charge < -0.3 is 0 Å². The number of hydrogen-bond donors (Lipinski definition) is 0. The average Bonchev–Trinajstić information content (AvgIpc) is 2.47. The monoisotopic (exact) mass is 278 g/mol. The van der Waals surface area contributed by atoms with E-state index in [0.717, 1.165) is 31.3 Å². The van der Waals surface area contributed by atoms with Gasteiger partial charge in [0.2, 0.25) is 0 Å². The van der Waals surface area contributed by atoms with Crippen molar-refractivity contribution in [2.75, 3.05) is 0 Å². The lowest BCUT2D eigenvalue weighted by atomic mass is 9.45. The van der Waals surface area contributed by atoms with Crippen LogP contribution in [0.3, 0.4) is 0 Å². The summed E-state index contributed by atoms with van der Waals surface area (Å²) in [5, 5.41) is 18.7. The first kappa shape index (κ1) is 15.3. The maximum absolute atomic E-state index is 9.34. The second-order valence-electron chi connectivity index (χ2n) is 6.50. The lowest BCUT2D eigenvalue weighted by Crippen LogP contribution is -2.50. The van der Waals surface area contributed by atoms with Crippen molar-refractivity contribution in [2.24, 2.45) is 17.3 Å². The molecule has 21 heavy (non-hydrogen) atoms. The molecule has 0 heterocycles. The van der Waals surface area contributed by atoms with E-state index in [2.05, 4.69) is 39.1 Å². The third-order valence-corrected chi connectivity index (χ3v) is 5.21. The maximum atomic E-state index is 9.34. The standard InChI is InChI=1S/C19H22N2/c1-5-7-9-14-15(8-6-2)18(13(11-20)12-21)17-10-16(14)19(17,3)4/h5-6,16-17H,1-2,7-10H2,3-4H3/t16-,17+/m0/s1. The number of nitriles is 2. The van der Waals surface area contributed by atoms with Crippen LogP contribution in [0.5, 0.6) is 0 Å². The molecule has 0 saturated heterocycles. The molecular weight excluding hydrogens is 256 g/mol. The van der Waals surface area contributed by atoms with Gasteiger partial charge in [0.15, 0.2) is 0 Å². The predicted octanol–water partition coefficient (Wildman–Crippen LogP) is 4.84. The van der Waals surface area contributed by atoms with Crippen LogP contribution in [0.1, 0.15) is 39.5 Å². The van der Waals surface area contributed by atoms with Crippen molar-refractivity contribution in [3.63, 3.8) is 0 Å². The van der Waals surface area contributed by atoms with Crippen LogP contribution >= 0.6 is 0 Å². The van der Waals surface area contributed by atoms with Crippen molar-refractivity contribution in [3.8, 4) is 12.1 Å². The Morgan fingerprint density at radius 3 is 2.38 bits per heavy atom. The first-order chi connectivity index (χ1) is 10.0. The number of nitrogens with zero attached hydrogens (tertiary/aromatic N) is 2. The molecule has 3 rings (SSSR count). The Kier molecular flexibility index (Phi) is 4.19. The Labute approximate surface area is 127 Å². The fraction of sp³-hybridized carbons (Fsp3) is 0.474. The van der Waals surface area contributed by atoms with Crippen LogP contribution in [0.25, 0.3) is 0 Å². The molecule has 2 bridgehead atoms. The highest BCUT2D eigenvalue weighted by molar-refractivity contribution is 5.57. The van der Waals surface area contributed by atoms with Crippen LogP contribution in [0.15, 0.2) is 47.6 Å². The fourth-order valence-electron chi connectivity index (χ4n) is 4.04. The van der Waals surface area contributed by atoms with Crippen LogP contribution in [-0.4, -0.2) is 0 Å². The van der Waals surface area contributed by atoms with Crippen molar-refractivity contribution in [3.05, 3.63) is 47.6 Å². The summed E-state index contributed by atoms with van der Waals surface area (Å²) >= 11 is 0. The van der Waals surface area contributed by atoms with Gasteiger partial charge in [-0.05, 0) is 54.1 Å². The number of allylic oxidation sites excluding steroid dienone is 6. The van der Waals surface area contributed by atoms with Gasteiger partial charge in [-0.25, -0.2) is 0 Å². The number of hydrogen-bond acceptors (Lipinski definition) is 2.